The molecule has 28 heavy (non-hydrogen) atoms. The quantitative estimate of drug-likeness (QED) is 0.689. The highest BCUT2D eigenvalue weighted by molar-refractivity contribution is 5.78. The van der Waals surface area contributed by atoms with E-state index in [1.165, 1.54) is 35.1 Å². The number of piperidine rings is 1. The van der Waals surface area contributed by atoms with Crippen LogP contribution in [0.15, 0.2) is 35.3 Å². The first-order valence-corrected chi connectivity index (χ1v) is 9.34. The number of carbonyl (C=O) groups is 1. The fourth-order valence-corrected chi connectivity index (χ4v) is 3.86. The van der Waals surface area contributed by atoms with Gasteiger partial charge in [-0.2, -0.15) is 5.10 Å². The summed E-state index contributed by atoms with van der Waals surface area (Å²) in [6.45, 7) is 3.90. The molecule has 146 valence electrons. The maximum Gasteiger partial charge on any atom is 0.281 e. The van der Waals surface area contributed by atoms with Crippen molar-refractivity contribution in [3.8, 4) is 5.69 Å². The molecule has 9 heteroatoms. The van der Waals surface area contributed by atoms with Gasteiger partial charge in [0.15, 0.2) is 5.65 Å². The van der Waals surface area contributed by atoms with Gasteiger partial charge < -0.3 is 4.90 Å². The van der Waals surface area contributed by atoms with Crippen molar-refractivity contribution in [3.63, 3.8) is 0 Å². The summed E-state index contributed by atoms with van der Waals surface area (Å²) in [6.07, 6.45) is 4.41. The Hall–Kier alpha value is -3.10. The molecule has 8 nitrogen and oxygen atoms in total. The van der Waals surface area contributed by atoms with Crippen LogP contribution >= 0.6 is 0 Å². The summed E-state index contributed by atoms with van der Waals surface area (Å²) < 4.78 is 15.6. The van der Waals surface area contributed by atoms with Gasteiger partial charge in [-0.1, -0.05) is 5.21 Å². The van der Waals surface area contributed by atoms with Crippen LogP contribution in [-0.4, -0.2) is 47.7 Å². The van der Waals surface area contributed by atoms with Crippen LogP contribution in [0.1, 0.15) is 33.1 Å². The lowest BCUT2D eigenvalue weighted by molar-refractivity contribution is -0.138. The first-order chi connectivity index (χ1) is 13.5. The number of benzene rings is 1. The van der Waals surface area contributed by atoms with Crippen LogP contribution < -0.4 is 5.56 Å². The monoisotopic (exact) mass is 384 g/mol. The Morgan fingerprint density at radius 1 is 1.18 bits per heavy atom. The van der Waals surface area contributed by atoms with Gasteiger partial charge in [-0.05, 0) is 57.4 Å². The van der Waals surface area contributed by atoms with Crippen LogP contribution in [0, 0.1) is 5.82 Å². The van der Waals surface area contributed by atoms with Crippen LogP contribution in [-0.2, 0) is 11.3 Å². The molecule has 2 unspecified atom stereocenters. The summed E-state index contributed by atoms with van der Waals surface area (Å²) in [5.74, 6) is -0.505. The minimum Gasteiger partial charge on any atom is -0.336 e. The van der Waals surface area contributed by atoms with Gasteiger partial charge in [-0.3, -0.25) is 9.59 Å². The fourth-order valence-electron chi connectivity index (χ4n) is 3.86. The molecule has 4 rings (SSSR count). The third-order valence-electron chi connectivity index (χ3n) is 5.29. The van der Waals surface area contributed by atoms with Gasteiger partial charge in [-0.15, -0.1) is 5.10 Å². The molecular formula is C19H21FN6O2. The summed E-state index contributed by atoms with van der Waals surface area (Å²) in [6, 6.07) is 5.97. The Bertz CT molecular complexity index is 1060. The smallest absolute Gasteiger partial charge is 0.281 e. The lowest BCUT2D eigenvalue weighted by Crippen LogP contribution is -2.49. The molecule has 0 N–H and O–H groups in total. The van der Waals surface area contributed by atoms with E-state index in [2.05, 4.69) is 15.4 Å². The first-order valence-electron chi connectivity index (χ1n) is 9.34. The number of halogens is 1. The molecule has 1 saturated heterocycles. The van der Waals surface area contributed by atoms with Crippen molar-refractivity contribution < 1.29 is 9.18 Å². The van der Waals surface area contributed by atoms with Crippen molar-refractivity contribution in [2.75, 3.05) is 0 Å². The van der Waals surface area contributed by atoms with Gasteiger partial charge in [0.2, 0.25) is 5.91 Å². The second-order valence-electron chi connectivity index (χ2n) is 7.25. The van der Waals surface area contributed by atoms with E-state index in [1.807, 2.05) is 18.7 Å². The van der Waals surface area contributed by atoms with Gasteiger partial charge in [0.25, 0.3) is 5.56 Å². The number of rotatable bonds is 3. The number of nitrogens with zero attached hydrogens (tertiary/aromatic N) is 6. The number of hydrogen-bond acceptors (Lipinski definition) is 5. The molecule has 1 amide bonds. The molecule has 0 spiro atoms. The molecule has 1 fully saturated rings. The minimum atomic E-state index is -0.427. The fraction of sp³-hybridized carbons (Fsp3) is 0.421. The van der Waals surface area contributed by atoms with Gasteiger partial charge in [-0.25, -0.2) is 13.8 Å². The second-order valence-corrected chi connectivity index (χ2v) is 7.25. The third-order valence-corrected chi connectivity index (χ3v) is 5.29. The van der Waals surface area contributed by atoms with E-state index in [4.69, 9.17) is 0 Å². The minimum absolute atomic E-state index is 0.138. The number of carbonyl (C=O) groups excluding carboxylic acids is 1. The number of fused-ring (bicyclic) bond motifs is 1. The molecule has 1 aromatic carbocycles. The Balaban J connectivity index is 1.65. The van der Waals surface area contributed by atoms with Crippen LogP contribution in [0.25, 0.3) is 16.7 Å². The Morgan fingerprint density at radius 3 is 2.54 bits per heavy atom. The van der Waals surface area contributed by atoms with Gasteiger partial charge in [0.05, 0.1) is 11.9 Å². The molecule has 0 bridgehead atoms. The zero-order valence-corrected chi connectivity index (χ0v) is 15.7. The zero-order valence-electron chi connectivity index (χ0n) is 15.7. The van der Waals surface area contributed by atoms with Gasteiger partial charge in [0.1, 0.15) is 17.7 Å². The average molecular weight is 384 g/mol. The molecule has 1 aliphatic heterocycles. The molecule has 1 aliphatic rings. The molecule has 0 aliphatic carbocycles. The molecule has 2 aromatic heterocycles. The van der Waals surface area contributed by atoms with E-state index in [9.17, 15) is 14.0 Å². The van der Waals surface area contributed by atoms with E-state index in [0.717, 1.165) is 23.9 Å². The normalized spacial score (nSPS) is 19.9. The lowest BCUT2D eigenvalue weighted by Gasteiger charge is -2.39. The van der Waals surface area contributed by atoms with Crippen LogP contribution in [0.2, 0.25) is 0 Å². The summed E-state index contributed by atoms with van der Waals surface area (Å²) in [7, 11) is 0. The molecule has 0 radical (unpaired) electrons. The maximum atomic E-state index is 13.1. The van der Waals surface area contributed by atoms with Gasteiger partial charge >= 0.3 is 0 Å². The van der Waals surface area contributed by atoms with E-state index in [-0.39, 0.29) is 41.4 Å². The maximum absolute atomic E-state index is 13.1. The lowest BCUT2D eigenvalue weighted by atomic mass is 9.97. The number of amides is 1. The molecule has 3 heterocycles. The highest BCUT2D eigenvalue weighted by atomic mass is 19.1. The topological polar surface area (TPSA) is 85.9 Å². The Morgan fingerprint density at radius 2 is 1.86 bits per heavy atom. The van der Waals surface area contributed by atoms with E-state index in [0.29, 0.717) is 5.69 Å². The first kappa shape index (κ1) is 18.3. The molecule has 2 atom stereocenters. The van der Waals surface area contributed by atoms with Crippen molar-refractivity contribution in [1.29, 1.82) is 0 Å². The zero-order chi connectivity index (χ0) is 19.8. The summed E-state index contributed by atoms with van der Waals surface area (Å²) in [5.41, 5.74) is 0.402. The Labute approximate surface area is 160 Å². The summed E-state index contributed by atoms with van der Waals surface area (Å²) in [4.78, 5) is 27.4. The van der Waals surface area contributed by atoms with Crippen molar-refractivity contribution in [1.82, 2.24) is 29.7 Å². The van der Waals surface area contributed by atoms with Crippen molar-refractivity contribution in [2.24, 2.45) is 0 Å². The van der Waals surface area contributed by atoms with E-state index < -0.39 is 5.56 Å². The molecule has 0 saturated carbocycles. The number of likely N-dealkylation sites (tertiary alicyclic amines) is 1. The average Bonchev–Trinajstić information content (AvgIpc) is 3.09. The predicted molar refractivity (Wildman–Crippen MR) is 100 cm³/mol. The highest BCUT2D eigenvalue weighted by Crippen LogP contribution is 2.22. The molecule has 3 aromatic rings. The van der Waals surface area contributed by atoms with Gasteiger partial charge in [0, 0.05) is 12.1 Å². The van der Waals surface area contributed by atoms with Crippen molar-refractivity contribution in [2.45, 2.75) is 51.7 Å². The standard InChI is InChI=1S/C19H21FN6O2/c1-12-4-3-5-13(2)25(12)17(27)11-24-19(28)16-10-21-26(18(16)22-23-24)15-8-6-14(20)7-9-15/h6-10,12-13H,3-5,11H2,1-2H3. The number of hydrogen-bond donors (Lipinski definition) is 0. The summed E-state index contributed by atoms with van der Waals surface area (Å²) in [5, 5.41) is 12.5. The van der Waals surface area contributed by atoms with E-state index >= 15 is 0 Å². The third kappa shape index (κ3) is 3.17. The molecular weight excluding hydrogens is 363 g/mol. The largest absolute Gasteiger partial charge is 0.336 e. The second kappa shape index (κ2) is 7.14. The summed E-state index contributed by atoms with van der Waals surface area (Å²) >= 11 is 0. The predicted octanol–water partition coefficient (Wildman–Crippen LogP) is 1.91. The highest BCUT2D eigenvalue weighted by Gasteiger charge is 2.29. The SMILES string of the molecule is CC1CCCC(C)N1C(=O)Cn1nnc2c(cnn2-c2ccc(F)cc2)c1=O. The van der Waals surface area contributed by atoms with E-state index in [1.54, 1.807) is 0 Å². The van der Waals surface area contributed by atoms with Crippen LogP contribution in [0.5, 0.6) is 0 Å². The number of aromatic nitrogens is 5. The van der Waals surface area contributed by atoms with Crippen molar-refractivity contribution in [3.05, 3.63) is 46.6 Å². The Kier molecular flexibility index (Phi) is 4.66. The van der Waals surface area contributed by atoms with Crippen LogP contribution in [0.4, 0.5) is 4.39 Å². The van der Waals surface area contributed by atoms with Crippen LogP contribution in [0.3, 0.4) is 0 Å². The van der Waals surface area contributed by atoms with Crippen molar-refractivity contribution >= 4 is 16.9 Å².